The van der Waals surface area contributed by atoms with Crippen LogP contribution in [0.5, 0.6) is 0 Å². The average Bonchev–Trinajstić information content (AvgIpc) is 2.75. The van der Waals surface area contributed by atoms with E-state index in [1.165, 1.54) is 11.3 Å². The Morgan fingerprint density at radius 2 is 2.26 bits per heavy atom. The van der Waals surface area contributed by atoms with Crippen LogP contribution in [-0.2, 0) is 9.59 Å². The molecule has 0 radical (unpaired) electrons. The van der Waals surface area contributed by atoms with Gasteiger partial charge in [0.25, 0.3) is 0 Å². The summed E-state index contributed by atoms with van der Waals surface area (Å²) >= 11 is 1.54. The van der Waals surface area contributed by atoms with Gasteiger partial charge in [-0.1, -0.05) is 6.92 Å². The topological polar surface area (TPSA) is 67.3 Å². The van der Waals surface area contributed by atoms with Crippen LogP contribution >= 0.6 is 11.3 Å². The number of carbonyl (C=O) groups is 2. The van der Waals surface area contributed by atoms with Crippen LogP contribution in [0.2, 0.25) is 0 Å². The fourth-order valence-electron chi connectivity index (χ4n) is 2.33. The zero-order valence-corrected chi connectivity index (χ0v) is 11.9. The number of ketones is 2. The molecule has 4 nitrogen and oxygen atoms in total. The van der Waals surface area contributed by atoms with Crippen LogP contribution < -0.4 is 0 Å². The van der Waals surface area contributed by atoms with Gasteiger partial charge in [-0.2, -0.15) is 0 Å². The minimum Gasteiger partial charge on any atom is -0.511 e. The van der Waals surface area contributed by atoms with Crippen molar-refractivity contribution >= 4 is 22.9 Å². The molecule has 1 aromatic rings. The van der Waals surface area contributed by atoms with E-state index in [1.54, 1.807) is 6.20 Å². The van der Waals surface area contributed by atoms with E-state index >= 15 is 0 Å². The molecule has 0 aromatic carbocycles. The fraction of sp³-hybridized carbons (Fsp3) is 0.500. The zero-order chi connectivity index (χ0) is 14.0. The van der Waals surface area contributed by atoms with Crippen LogP contribution in [0.3, 0.4) is 0 Å². The van der Waals surface area contributed by atoms with Crippen molar-refractivity contribution in [2.45, 2.75) is 45.4 Å². The Kier molecular flexibility index (Phi) is 4.14. The van der Waals surface area contributed by atoms with Crippen molar-refractivity contribution in [2.75, 3.05) is 0 Å². The fourth-order valence-corrected chi connectivity index (χ4v) is 3.22. The van der Waals surface area contributed by atoms with E-state index in [4.69, 9.17) is 0 Å². The number of rotatable bonds is 4. The van der Waals surface area contributed by atoms with Crippen molar-refractivity contribution in [2.24, 2.45) is 0 Å². The Morgan fingerprint density at radius 1 is 1.53 bits per heavy atom. The summed E-state index contributed by atoms with van der Waals surface area (Å²) in [7, 11) is 0. The van der Waals surface area contributed by atoms with Crippen LogP contribution in [-0.4, -0.2) is 21.7 Å². The van der Waals surface area contributed by atoms with Crippen molar-refractivity contribution in [3.05, 3.63) is 27.4 Å². The molecule has 102 valence electrons. The van der Waals surface area contributed by atoms with Crippen LogP contribution in [0.25, 0.3) is 0 Å². The molecule has 0 bridgehead atoms. The molecule has 1 N–H and O–H groups in total. The molecule has 1 aliphatic rings. The highest BCUT2D eigenvalue weighted by Gasteiger charge is 2.32. The zero-order valence-electron chi connectivity index (χ0n) is 11.1. The highest BCUT2D eigenvalue weighted by atomic mass is 32.1. The van der Waals surface area contributed by atoms with Gasteiger partial charge in [-0.25, -0.2) is 4.98 Å². The number of carbonyl (C=O) groups excluding carboxylic acids is 2. The first-order valence-electron chi connectivity index (χ1n) is 6.43. The van der Waals surface area contributed by atoms with Gasteiger partial charge in [-0.3, -0.25) is 9.59 Å². The molecule has 0 saturated heterocycles. The molecule has 0 fully saturated rings. The third-order valence-electron chi connectivity index (χ3n) is 3.24. The molecule has 1 aliphatic carbocycles. The van der Waals surface area contributed by atoms with E-state index in [-0.39, 0.29) is 35.2 Å². The lowest BCUT2D eigenvalue weighted by atomic mass is 9.84. The molecular formula is C14H17NO3S. The largest absolute Gasteiger partial charge is 0.511 e. The van der Waals surface area contributed by atoms with Crippen molar-refractivity contribution in [3.8, 4) is 0 Å². The van der Waals surface area contributed by atoms with Crippen LogP contribution in [0.1, 0.15) is 48.4 Å². The maximum Gasteiger partial charge on any atom is 0.170 e. The summed E-state index contributed by atoms with van der Waals surface area (Å²) < 4.78 is 0. The molecule has 1 aromatic heterocycles. The van der Waals surface area contributed by atoms with Gasteiger partial charge in [0.1, 0.15) is 5.76 Å². The first kappa shape index (κ1) is 13.9. The highest BCUT2D eigenvalue weighted by Crippen LogP contribution is 2.36. The third kappa shape index (κ3) is 2.92. The lowest BCUT2D eigenvalue weighted by Crippen LogP contribution is -2.23. The van der Waals surface area contributed by atoms with Crippen LogP contribution in [0.15, 0.2) is 17.5 Å². The number of aromatic nitrogens is 1. The Morgan fingerprint density at radius 3 is 2.79 bits per heavy atom. The molecule has 5 heteroatoms. The maximum absolute atomic E-state index is 12.1. The molecule has 0 saturated carbocycles. The summed E-state index contributed by atoms with van der Waals surface area (Å²) in [4.78, 5) is 29.0. The second kappa shape index (κ2) is 5.65. The Hall–Kier alpha value is -1.49. The van der Waals surface area contributed by atoms with Gasteiger partial charge in [-0.15, -0.1) is 11.3 Å². The average molecular weight is 279 g/mol. The van der Waals surface area contributed by atoms with E-state index in [0.717, 1.165) is 9.88 Å². The molecular weight excluding hydrogens is 262 g/mol. The number of aryl methyl sites for hydroxylation is 1. The number of nitrogens with zero attached hydrogens (tertiary/aromatic N) is 1. The number of aliphatic hydroxyl groups excluding tert-OH is 1. The number of aliphatic hydroxyl groups is 1. The van der Waals surface area contributed by atoms with Crippen molar-refractivity contribution in [1.82, 2.24) is 4.98 Å². The first-order chi connectivity index (χ1) is 9.02. The van der Waals surface area contributed by atoms with Gasteiger partial charge in [0, 0.05) is 36.3 Å². The van der Waals surface area contributed by atoms with Gasteiger partial charge in [0.05, 0.1) is 10.6 Å². The predicted molar refractivity (Wildman–Crippen MR) is 73.4 cm³/mol. The summed E-state index contributed by atoms with van der Waals surface area (Å²) in [5.41, 5.74) is 0.0272. The summed E-state index contributed by atoms with van der Waals surface area (Å²) in [6.07, 6.45) is 3.40. The second-order valence-electron chi connectivity index (χ2n) is 4.80. The molecule has 19 heavy (non-hydrogen) atoms. The highest BCUT2D eigenvalue weighted by molar-refractivity contribution is 7.11. The van der Waals surface area contributed by atoms with Crippen molar-refractivity contribution < 1.29 is 14.7 Å². The maximum atomic E-state index is 12.1. The molecule has 1 heterocycles. The number of hydrogen-bond acceptors (Lipinski definition) is 5. The summed E-state index contributed by atoms with van der Waals surface area (Å²) in [5, 5.41) is 10.9. The number of thiazole rings is 1. The predicted octanol–water partition coefficient (Wildman–Crippen LogP) is 3.08. The van der Waals surface area contributed by atoms with Gasteiger partial charge in [-0.05, 0) is 13.3 Å². The third-order valence-corrected chi connectivity index (χ3v) is 4.31. The number of hydrogen-bond donors (Lipinski definition) is 1. The van der Waals surface area contributed by atoms with Crippen LogP contribution in [0, 0.1) is 6.92 Å². The lowest BCUT2D eigenvalue weighted by Gasteiger charge is -2.21. The smallest absolute Gasteiger partial charge is 0.170 e. The normalized spacial score (nSPS) is 19.9. The molecule has 1 atom stereocenters. The molecule has 1 unspecified atom stereocenters. The molecule has 0 spiro atoms. The van der Waals surface area contributed by atoms with E-state index in [0.29, 0.717) is 19.3 Å². The summed E-state index contributed by atoms with van der Waals surface area (Å²) in [6.45, 7) is 3.79. The molecule has 0 amide bonds. The number of Topliss-reactive ketones (excluding diaryl/α,β-unsaturated/α-hetero) is 2. The van der Waals surface area contributed by atoms with Gasteiger partial charge in [0.2, 0.25) is 0 Å². The monoisotopic (exact) mass is 279 g/mol. The molecule has 0 aliphatic heterocycles. The Balaban J connectivity index is 2.22. The van der Waals surface area contributed by atoms with E-state index in [9.17, 15) is 14.7 Å². The van der Waals surface area contributed by atoms with Gasteiger partial charge in [0.15, 0.2) is 11.6 Å². The van der Waals surface area contributed by atoms with E-state index < -0.39 is 0 Å². The van der Waals surface area contributed by atoms with Crippen LogP contribution in [0.4, 0.5) is 0 Å². The second-order valence-corrected chi connectivity index (χ2v) is 6.07. The Bertz CT molecular complexity index is 545. The lowest BCUT2D eigenvalue weighted by molar-refractivity contribution is -0.122. The van der Waals surface area contributed by atoms with E-state index in [2.05, 4.69) is 4.98 Å². The molecule has 2 rings (SSSR count). The summed E-state index contributed by atoms with van der Waals surface area (Å²) in [5.74, 6) is -0.565. The van der Waals surface area contributed by atoms with Gasteiger partial charge < -0.3 is 5.11 Å². The number of allylic oxidation sites excluding steroid dienone is 2. The standard InChI is InChI=1S/C14H17NO3S/c1-3-4-10(16)14-11(17)5-9(6-12(14)18)13-7-15-8(2)19-13/h7,9,17H,3-6H2,1-2H3. The van der Waals surface area contributed by atoms with E-state index in [1.807, 2.05) is 13.8 Å². The first-order valence-corrected chi connectivity index (χ1v) is 7.25. The summed E-state index contributed by atoms with van der Waals surface area (Å²) in [6, 6.07) is 0. The van der Waals surface area contributed by atoms with Gasteiger partial charge >= 0.3 is 0 Å². The minimum atomic E-state index is -0.238. The quantitative estimate of drug-likeness (QED) is 0.860. The van der Waals surface area contributed by atoms with Crippen molar-refractivity contribution in [3.63, 3.8) is 0 Å². The minimum absolute atomic E-state index is 0.0272. The van der Waals surface area contributed by atoms with Crippen molar-refractivity contribution in [1.29, 1.82) is 0 Å². The SMILES string of the molecule is CCCC(=O)C1=C(O)CC(c2cnc(C)s2)CC1=O. The Labute approximate surface area is 116 Å².